The van der Waals surface area contributed by atoms with Crippen molar-refractivity contribution in [1.29, 1.82) is 0 Å². The molecular formula is C11H15N3. The smallest absolute Gasteiger partial charge is 0.0662 e. The molecule has 0 saturated carbocycles. The van der Waals surface area contributed by atoms with E-state index in [2.05, 4.69) is 21.8 Å². The minimum Gasteiger partial charge on any atom is -0.302 e. The molecule has 3 rings (SSSR count). The van der Waals surface area contributed by atoms with Gasteiger partial charge in [0.15, 0.2) is 0 Å². The maximum atomic E-state index is 4.49. The Morgan fingerprint density at radius 3 is 2.79 bits per heavy atom. The average molecular weight is 189 g/mol. The number of aromatic nitrogens is 2. The normalized spacial score (nSPS) is 35.1. The number of fused-ring (bicyclic) bond motifs is 2. The van der Waals surface area contributed by atoms with Crippen LogP contribution >= 0.6 is 0 Å². The highest BCUT2D eigenvalue weighted by Crippen LogP contribution is 2.39. The minimum absolute atomic E-state index is 0.650. The topological polar surface area (TPSA) is 29.0 Å². The number of hydrogen-bond donors (Lipinski definition) is 0. The van der Waals surface area contributed by atoms with E-state index in [0.717, 1.165) is 11.6 Å². The molecule has 1 aromatic heterocycles. The summed E-state index contributed by atoms with van der Waals surface area (Å²) in [6, 6.07) is 0. The molecule has 2 fully saturated rings. The fraction of sp³-hybridized carbons (Fsp3) is 0.636. The Balaban J connectivity index is 1.93. The summed E-state index contributed by atoms with van der Waals surface area (Å²) in [7, 11) is 0. The number of hydrogen-bond acceptors (Lipinski definition) is 3. The van der Waals surface area contributed by atoms with E-state index in [4.69, 9.17) is 0 Å². The van der Waals surface area contributed by atoms with Crippen molar-refractivity contribution >= 4 is 0 Å². The van der Waals surface area contributed by atoms with Crippen molar-refractivity contribution in [2.75, 3.05) is 19.6 Å². The lowest BCUT2D eigenvalue weighted by Gasteiger charge is -2.22. The molecule has 14 heavy (non-hydrogen) atoms. The zero-order chi connectivity index (χ0) is 9.54. The van der Waals surface area contributed by atoms with Crippen LogP contribution in [0.5, 0.6) is 0 Å². The van der Waals surface area contributed by atoms with Gasteiger partial charge in [-0.2, -0.15) is 0 Å². The molecule has 2 saturated heterocycles. The van der Waals surface area contributed by atoms with Gasteiger partial charge in [0.25, 0.3) is 0 Å². The number of nitrogens with zero attached hydrogens (tertiary/aromatic N) is 3. The molecule has 2 aliphatic heterocycles. The van der Waals surface area contributed by atoms with Crippen LogP contribution in [0, 0.1) is 12.8 Å². The van der Waals surface area contributed by atoms with Crippen LogP contribution in [0.25, 0.3) is 0 Å². The third kappa shape index (κ3) is 1.16. The first-order valence-electron chi connectivity index (χ1n) is 5.34. The van der Waals surface area contributed by atoms with Crippen molar-refractivity contribution in [2.24, 2.45) is 5.92 Å². The van der Waals surface area contributed by atoms with Crippen LogP contribution in [0.15, 0.2) is 12.4 Å². The minimum atomic E-state index is 0.650. The maximum Gasteiger partial charge on any atom is 0.0662 e. The first-order chi connectivity index (χ1) is 6.84. The van der Waals surface area contributed by atoms with Crippen molar-refractivity contribution in [2.45, 2.75) is 19.3 Å². The first-order valence-corrected chi connectivity index (χ1v) is 5.34. The van der Waals surface area contributed by atoms with E-state index < -0.39 is 0 Å². The molecule has 0 aromatic carbocycles. The predicted molar refractivity (Wildman–Crippen MR) is 54.1 cm³/mol. The Labute approximate surface area is 84.2 Å². The van der Waals surface area contributed by atoms with E-state index in [9.17, 15) is 0 Å². The summed E-state index contributed by atoms with van der Waals surface area (Å²) in [5, 5.41) is 0. The second-order valence-electron chi connectivity index (χ2n) is 4.44. The summed E-state index contributed by atoms with van der Waals surface area (Å²) < 4.78 is 0. The summed E-state index contributed by atoms with van der Waals surface area (Å²) >= 11 is 0. The molecule has 3 heteroatoms. The molecule has 2 bridgehead atoms. The van der Waals surface area contributed by atoms with E-state index in [1.807, 2.05) is 6.20 Å². The van der Waals surface area contributed by atoms with Gasteiger partial charge in [-0.15, -0.1) is 0 Å². The van der Waals surface area contributed by atoms with Gasteiger partial charge in [-0.25, -0.2) is 0 Å². The molecule has 3 nitrogen and oxygen atoms in total. The molecule has 1 aromatic rings. The van der Waals surface area contributed by atoms with Crippen LogP contribution in [0.2, 0.25) is 0 Å². The lowest BCUT2D eigenvalue weighted by Crippen LogP contribution is -2.23. The molecule has 0 aliphatic carbocycles. The van der Waals surface area contributed by atoms with Gasteiger partial charge in [0.1, 0.15) is 0 Å². The van der Waals surface area contributed by atoms with Gasteiger partial charge in [-0.05, 0) is 25.8 Å². The Morgan fingerprint density at radius 1 is 1.29 bits per heavy atom. The van der Waals surface area contributed by atoms with E-state index >= 15 is 0 Å². The number of piperidine rings is 1. The van der Waals surface area contributed by atoms with Crippen LogP contribution in [-0.4, -0.2) is 34.5 Å². The Hall–Kier alpha value is -0.960. The maximum absolute atomic E-state index is 4.49. The zero-order valence-electron chi connectivity index (χ0n) is 8.48. The van der Waals surface area contributed by atoms with Gasteiger partial charge >= 0.3 is 0 Å². The van der Waals surface area contributed by atoms with E-state index in [1.165, 1.54) is 31.7 Å². The standard InChI is InChI=1S/C11H15N3/c1-8-11(13-4-3-12-8)10-7-14-5-2-9(10)6-14/h3-4,9-10H,2,5-7H2,1H3/t9-,10+/m1/s1. The van der Waals surface area contributed by atoms with Gasteiger partial charge in [0, 0.05) is 31.4 Å². The molecular weight excluding hydrogens is 174 g/mol. The fourth-order valence-corrected chi connectivity index (χ4v) is 2.88. The van der Waals surface area contributed by atoms with Gasteiger partial charge in [-0.1, -0.05) is 0 Å². The monoisotopic (exact) mass is 189 g/mol. The van der Waals surface area contributed by atoms with Gasteiger partial charge in [-0.3, -0.25) is 9.97 Å². The van der Waals surface area contributed by atoms with Crippen LogP contribution in [0.4, 0.5) is 0 Å². The van der Waals surface area contributed by atoms with Crippen molar-refractivity contribution in [3.05, 3.63) is 23.8 Å². The third-order valence-corrected chi connectivity index (χ3v) is 3.60. The molecule has 2 aliphatic rings. The Kier molecular flexibility index (Phi) is 1.80. The number of rotatable bonds is 1. The summed E-state index contributed by atoms with van der Waals surface area (Å²) in [5.41, 5.74) is 2.35. The Morgan fingerprint density at radius 2 is 2.14 bits per heavy atom. The van der Waals surface area contributed by atoms with Crippen molar-refractivity contribution in [3.63, 3.8) is 0 Å². The lowest BCUT2D eigenvalue weighted by atomic mass is 9.89. The van der Waals surface area contributed by atoms with Crippen molar-refractivity contribution in [1.82, 2.24) is 14.9 Å². The van der Waals surface area contributed by atoms with Crippen LogP contribution in [-0.2, 0) is 0 Å². The summed E-state index contributed by atoms with van der Waals surface area (Å²) in [5.74, 6) is 1.49. The first kappa shape index (κ1) is 8.36. The summed E-state index contributed by atoms with van der Waals surface area (Å²) in [6.45, 7) is 5.84. The van der Waals surface area contributed by atoms with Gasteiger partial charge in [0.05, 0.1) is 11.4 Å². The van der Waals surface area contributed by atoms with E-state index in [1.54, 1.807) is 6.20 Å². The molecule has 1 unspecified atom stereocenters. The molecule has 3 atom stereocenters. The second kappa shape index (κ2) is 3.02. The predicted octanol–water partition coefficient (Wildman–Crippen LogP) is 1.20. The van der Waals surface area contributed by atoms with Gasteiger partial charge in [0.2, 0.25) is 0 Å². The van der Waals surface area contributed by atoms with Crippen molar-refractivity contribution < 1.29 is 0 Å². The zero-order valence-corrected chi connectivity index (χ0v) is 8.48. The SMILES string of the molecule is Cc1nccnc1[C@H]1CN2CC[C@@H]1C2. The Bertz CT molecular complexity index is 350. The van der Waals surface area contributed by atoms with Crippen LogP contribution in [0.3, 0.4) is 0 Å². The number of aryl methyl sites for hydroxylation is 1. The second-order valence-corrected chi connectivity index (χ2v) is 4.44. The molecule has 0 amide bonds. The van der Waals surface area contributed by atoms with E-state index in [0.29, 0.717) is 5.92 Å². The summed E-state index contributed by atoms with van der Waals surface area (Å²) in [4.78, 5) is 11.4. The molecule has 74 valence electrons. The molecule has 0 N–H and O–H groups in total. The van der Waals surface area contributed by atoms with Crippen molar-refractivity contribution in [3.8, 4) is 0 Å². The largest absolute Gasteiger partial charge is 0.302 e. The average Bonchev–Trinajstić information content (AvgIpc) is 2.79. The van der Waals surface area contributed by atoms with Crippen LogP contribution < -0.4 is 0 Å². The van der Waals surface area contributed by atoms with Crippen LogP contribution in [0.1, 0.15) is 23.7 Å². The lowest BCUT2D eigenvalue weighted by molar-refractivity contribution is 0.343. The third-order valence-electron chi connectivity index (χ3n) is 3.60. The molecule has 3 heterocycles. The highest BCUT2D eigenvalue weighted by Gasteiger charge is 2.39. The van der Waals surface area contributed by atoms with Gasteiger partial charge < -0.3 is 4.90 Å². The van der Waals surface area contributed by atoms with E-state index in [-0.39, 0.29) is 0 Å². The highest BCUT2D eigenvalue weighted by atomic mass is 15.2. The molecule has 0 radical (unpaired) electrons. The summed E-state index contributed by atoms with van der Waals surface area (Å²) in [6.07, 6.45) is 4.96. The fourth-order valence-electron chi connectivity index (χ4n) is 2.88. The molecule has 0 spiro atoms. The quantitative estimate of drug-likeness (QED) is 0.665. The highest BCUT2D eigenvalue weighted by molar-refractivity contribution is 5.19.